The van der Waals surface area contributed by atoms with Crippen molar-refractivity contribution in [3.05, 3.63) is 11.9 Å². The predicted octanol–water partition coefficient (Wildman–Crippen LogP) is -0.348. The van der Waals surface area contributed by atoms with Crippen molar-refractivity contribution in [1.29, 1.82) is 0 Å². The number of nitrogens with two attached hydrogens (primary N) is 1. The summed E-state index contributed by atoms with van der Waals surface area (Å²) in [5.41, 5.74) is 5.87. The second-order valence-electron chi connectivity index (χ2n) is 4.48. The Morgan fingerprint density at radius 2 is 2.27 bits per heavy atom. The lowest BCUT2D eigenvalue weighted by Crippen LogP contribution is -2.35. The van der Waals surface area contributed by atoms with Gasteiger partial charge in [-0.3, -0.25) is 4.79 Å². The Kier molecular flexibility index (Phi) is 3.41. The summed E-state index contributed by atoms with van der Waals surface area (Å²) in [5.74, 6) is -0.421. The monoisotopic (exact) mass is 211 g/mol. The molecule has 1 heterocycles. The van der Waals surface area contributed by atoms with Crippen molar-refractivity contribution in [2.75, 3.05) is 0 Å². The van der Waals surface area contributed by atoms with Crippen LogP contribution in [0.5, 0.6) is 0 Å². The van der Waals surface area contributed by atoms with E-state index < -0.39 is 5.91 Å². The van der Waals surface area contributed by atoms with Crippen LogP contribution < -0.4 is 11.1 Å². The van der Waals surface area contributed by atoms with E-state index in [1.54, 1.807) is 6.20 Å². The third-order valence-electron chi connectivity index (χ3n) is 1.70. The summed E-state index contributed by atoms with van der Waals surface area (Å²) in [4.78, 5) is 10.6. The fraction of sp³-hybridized carbons (Fsp3) is 0.667. The van der Waals surface area contributed by atoms with Gasteiger partial charge in [0.25, 0.3) is 0 Å². The number of aromatic nitrogens is 3. The molecular formula is C9H17N5O. The maximum absolute atomic E-state index is 10.6. The minimum absolute atomic E-state index is 0.0352. The molecule has 1 amide bonds. The zero-order valence-electron chi connectivity index (χ0n) is 9.32. The molecule has 0 bridgehead atoms. The Bertz CT molecular complexity index is 339. The molecule has 0 atom stereocenters. The van der Waals surface area contributed by atoms with Crippen molar-refractivity contribution in [2.45, 2.75) is 39.4 Å². The first-order valence-corrected chi connectivity index (χ1v) is 4.79. The van der Waals surface area contributed by atoms with E-state index in [-0.39, 0.29) is 12.1 Å². The van der Waals surface area contributed by atoms with Crippen molar-refractivity contribution >= 4 is 5.91 Å². The molecule has 15 heavy (non-hydrogen) atoms. The number of carbonyl (C=O) groups is 1. The van der Waals surface area contributed by atoms with Gasteiger partial charge in [-0.05, 0) is 20.8 Å². The number of hydrogen-bond donors (Lipinski definition) is 2. The maximum Gasteiger partial charge on any atom is 0.239 e. The zero-order chi connectivity index (χ0) is 11.5. The van der Waals surface area contributed by atoms with Crippen LogP contribution in [0.4, 0.5) is 0 Å². The highest BCUT2D eigenvalue weighted by Crippen LogP contribution is 2.01. The molecule has 0 aliphatic rings. The van der Waals surface area contributed by atoms with Crippen LogP contribution >= 0.6 is 0 Å². The van der Waals surface area contributed by atoms with Gasteiger partial charge in [0, 0.05) is 12.1 Å². The van der Waals surface area contributed by atoms with E-state index in [4.69, 9.17) is 5.73 Å². The molecule has 1 aromatic heterocycles. The summed E-state index contributed by atoms with van der Waals surface area (Å²) in [6, 6.07) is 0. The quantitative estimate of drug-likeness (QED) is 0.713. The summed E-state index contributed by atoms with van der Waals surface area (Å²) in [6.45, 7) is 6.91. The van der Waals surface area contributed by atoms with Gasteiger partial charge in [0.15, 0.2) is 0 Å². The van der Waals surface area contributed by atoms with Gasteiger partial charge in [-0.2, -0.15) is 0 Å². The Labute approximate surface area is 88.8 Å². The molecule has 1 aromatic rings. The number of rotatable bonds is 4. The van der Waals surface area contributed by atoms with E-state index >= 15 is 0 Å². The number of hydrogen-bond acceptors (Lipinski definition) is 4. The molecule has 0 aliphatic heterocycles. The first-order chi connectivity index (χ1) is 6.87. The van der Waals surface area contributed by atoms with Gasteiger partial charge in [0.2, 0.25) is 5.91 Å². The lowest BCUT2D eigenvalue weighted by Gasteiger charge is -2.19. The zero-order valence-corrected chi connectivity index (χ0v) is 9.32. The highest BCUT2D eigenvalue weighted by Gasteiger charge is 2.10. The van der Waals surface area contributed by atoms with Gasteiger partial charge in [0.05, 0.1) is 11.9 Å². The van der Waals surface area contributed by atoms with Crippen LogP contribution in [0.2, 0.25) is 0 Å². The van der Waals surface area contributed by atoms with Crippen LogP contribution in [-0.4, -0.2) is 26.4 Å². The fourth-order valence-corrected chi connectivity index (χ4v) is 1.01. The van der Waals surface area contributed by atoms with E-state index in [2.05, 4.69) is 36.4 Å². The predicted molar refractivity (Wildman–Crippen MR) is 55.8 cm³/mol. The smallest absolute Gasteiger partial charge is 0.239 e. The van der Waals surface area contributed by atoms with E-state index in [0.29, 0.717) is 6.54 Å². The molecule has 0 aliphatic carbocycles. The van der Waals surface area contributed by atoms with Crippen LogP contribution in [0.1, 0.15) is 26.5 Å². The van der Waals surface area contributed by atoms with Gasteiger partial charge >= 0.3 is 0 Å². The van der Waals surface area contributed by atoms with Crippen LogP contribution in [0.15, 0.2) is 6.20 Å². The number of carbonyl (C=O) groups excluding carboxylic acids is 1. The SMILES string of the molecule is CC(C)(C)NCc1cn(CC(N)=O)nn1. The largest absolute Gasteiger partial charge is 0.368 e. The minimum atomic E-state index is -0.421. The van der Waals surface area contributed by atoms with Gasteiger partial charge < -0.3 is 11.1 Å². The number of nitrogens with one attached hydrogen (secondary N) is 1. The van der Waals surface area contributed by atoms with Gasteiger partial charge in [0.1, 0.15) is 6.54 Å². The summed E-state index contributed by atoms with van der Waals surface area (Å²) >= 11 is 0. The summed E-state index contributed by atoms with van der Waals surface area (Å²) in [7, 11) is 0. The Balaban J connectivity index is 2.50. The van der Waals surface area contributed by atoms with Gasteiger partial charge in [-0.1, -0.05) is 5.21 Å². The topological polar surface area (TPSA) is 85.8 Å². The molecule has 3 N–H and O–H groups in total. The Hall–Kier alpha value is -1.43. The summed E-state index contributed by atoms with van der Waals surface area (Å²) in [5, 5.41) is 11.0. The van der Waals surface area contributed by atoms with Gasteiger partial charge in [-0.25, -0.2) is 4.68 Å². The van der Waals surface area contributed by atoms with Crippen molar-refractivity contribution in [2.24, 2.45) is 5.73 Å². The molecule has 0 saturated heterocycles. The summed E-state index contributed by atoms with van der Waals surface area (Å²) in [6.07, 6.45) is 1.71. The molecular weight excluding hydrogens is 194 g/mol. The Morgan fingerprint density at radius 1 is 1.60 bits per heavy atom. The third-order valence-corrected chi connectivity index (χ3v) is 1.70. The van der Waals surface area contributed by atoms with Crippen LogP contribution in [0, 0.1) is 0 Å². The number of primary amides is 1. The maximum atomic E-state index is 10.6. The second kappa shape index (κ2) is 4.39. The second-order valence-corrected chi connectivity index (χ2v) is 4.48. The molecule has 0 aromatic carbocycles. The average Bonchev–Trinajstić information content (AvgIpc) is 2.46. The lowest BCUT2D eigenvalue weighted by atomic mass is 10.1. The average molecular weight is 211 g/mol. The molecule has 1 rings (SSSR count). The minimum Gasteiger partial charge on any atom is -0.368 e. The van der Waals surface area contributed by atoms with E-state index in [0.717, 1.165) is 5.69 Å². The molecule has 0 saturated carbocycles. The van der Waals surface area contributed by atoms with Crippen LogP contribution in [-0.2, 0) is 17.9 Å². The molecule has 0 fully saturated rings. The molecule has 0 spiro atoms. The summed E-state index contributed by atoms with van der Waals surface area (Å²) < 4.78 is 1.43. The number of nitrogens with zero attached hydrogens (tertiary/aromatic N) is 3. The lowest BCUT2D eigenvalue weighted by molar-refractivity contribution is -0.118. The van der Waals surface area contributed by atoms with Crippen molar-refractivity contribution in [3.8, 4) is 0 Å². The van der Waals surface area contributed by atoms with E-state index in [1.165, 1.54) is 4.68 Å². The molecule has 0 radical (unpaired) electrons. The normalized spacial score (nSPS) is 11.7. The van der Waals surface area contributed by atoms with Crippen LogP contribution in [0.3, 0.4) is 0 Å². The van der Waals surface area contributed by atoms with E-state index in [1.807, 2.05) is 0 Å². The highest BCUT2D eigenvalue weighted by molar-refractivity contribution is 5.73. The molecule has 84 valence electrons. The molecule has 6 nitrogen and oxygen atoms in total. The third kappa shape index (κ3) is 4.55. The van der Waals surface area contributed by atoms with Crippen molar-refractivity contribution < 1.29 is 4.79 Å². The standard InChI is InChI=1S/C9H17N5O/c1-9(2,3)11-4-7-5-14(13-12-7)6-8(10)15/h5,11H,4,6H2,1-3H3,(H2,10,15). The fourth-order valence-electron chi connectivity index (χ4n) is 1.01. The molecule has 6 heteroatoms. The van der Waals surface area contributed by atoms with Gasteiger partial charge in [-0.15, -0.1) is 5.10 Å². The Morgan fingerprint density at radius 3 is 2.80 bits per heavy atom. The highest BCUT2D eigenvalue weighted by atomic mass is 16.1. The van der Waals surface area contributed by atoms with Crippen molar-refractivity contribution in [1.82, 2.24) is 20.3 Å². The van der Waals surface area contributed by atoms with E-state index in [9.17, 15) is 4.79 Å². The van der Waals surface area contributed by atoms with Crippen LogP contribution in [0.25, 0.3) is 0 Å². The first-order valence-electron chi connectivity index (χ1n) is 4.79. The number of amides is 1. The molecule has 0 unspecified atom stereocenters. The van der Waals surface area contributed by atoms with Crippen molar-refractivity contribution in [3.63, 3.8) is 0 Å². The first kappa shape index (κ1) is 11.6.